The Morgan fingerprint density at radius 3 is 2.58 bits per heavy atom. The maximum atomic E-state index is 11.7. The molecular formula is C17H20ClN3O4S. The Morgan fingerprint density at radius 2 is 1.92 bits per heavy atom. The number of anilines is 2. The van der Waals surface area contributed by atoms with E-state index in [-0.39, 0.29) is 17.6 Å². The summed E-state index contributed by atoms with van der Waals surface area (Å²) in [7, 11) is 0. The van der Waals surface area contributed by atoms with E-state index in [2.05, 4.69) is 20.7 Å². The van der Waals surface area contributed by atoms with Gasteiger partial charge in [-0.1, -0.05) is 18.5 Å². The van der Waals surface area contributed by atoms with Crippen molar-refractivity contribution in [3.8, 4) is 0 Å². The minimum atomic E-state index is -0.625. The van der Waals surface area contributed by atoms with Gasteiger partial charge >= 0.3 is 5.97 Å². The Bertz CT molecular complexity index is 722. The first-order valence-electron chi connectivity index (χ1n) is 7.91. The molecule has 0 aliphatic carbocycles. The second-order valence-electron chi connectivity index (χ2n) is 5.02. The standard InChI is InChI=1S/C17H20ClN3O4S/c1-3-5-14(22)19-11-6-7-12(18)13(10-11)20-17(26)21-15(23)8-9-16(24)25-4-2/h6-10H,3-5H2,1-2H3,(H,19,22)(H2,20,21,23,26)/b9-8+. The van der Waals surface area contributed by atoms with Crippen molar-refractivity contribution in [2.45, 2.75) is 26.7 Å². The van der Waals surface area contributed by atoms with Crippen LogP contribution in [0.5, 0.6) is 0 Å². The summed E-state index contributed by atoms with van der Waals surface area (Å²) in [4.78, 5) is 34.5. The Kier molecular flexibility index (Phi) is 9.32. The van der Waals surface area contributed by atoms with Crippen LogP contribution in [0.4, 0.5) is 11.4 Å². The number of amides is 2. The zero-order chi connectivity index (χ0) is 19.5. The van der Waals surface area contributed by atoms with Gasteiger partial charge in [-0.05, 0) is 43.8 Å². The molecule has 0 atom stereocenters. The largest absolute Gasteiger partial charge is 0.463 e. The van der Waals surface area contributed by atoms with Crippen molar-refractivity contribution >= 4 is 58.1 Å². The number of hydrogen-bond acceptors (Lipinski definition) is 5. The van der Waals surface area contributed by atoms with E-state index in [1.807, 2.05) is 6.92 Å². The molecule has 0 bridgehead atoms. The molecule has 1 aromatic rings. The van der Waals surface area contributed by atoms with E-state index in [1.54, 1.807) is 25.1 Å². The topological polar surface area (TPSA) is 96.5 Å². The highest BCUT2D eigenvalue weighted by Gasteiger charge is 2.08. The Morgan fingerprint density at radius 1 is 1.19 bits per heavy atom. The molecule has 0 fully saturated rings. The Hall–Kier alpha value is -2.45. The molecule has 0 saturated heterocycles. The number of carbonyl (C=O) groups is 3. The van der Waals surface area contributed by atoms with Gasteiger partial charge in [0.1, 0.15) is 0 Å². The van der Waals surface area contributed by atoms with Gasteiger partial charge in [-0.15, -0.1) is 0 Å². The van der Waals surface area contributed by atoms with Crippen LogP contribution in [-0.2, 0) is 19.1 Å². The predicted octanol–water partition coefficient (Wildman–Crippen LogP) is 3.01. The highest BCUT2D eigenvalue weighted by Crippen LogP contribution is 2.25. The number of benzene rings is 1. The molecule has 26 heavy (non-hydrogen) atoms. The maximum absolute atomic E-state index is 11.7. The summed E-state index contributed by atoms with van der Waals surface area (Å²) in [5.41, 5.74) is 0.965. The van der Waals surface area contributed by atoms with Crippen LogP contribution in [0.1, 0.15) is 26.7 Å². The number of rotatable bonds is 7. The van der Waals surface area contributed by atoms with Crippen LogP contribution in [0.3, 0.4) is 0 Å². The summed E-state index contributed by atoms with van der Waals surface area (Å²) in [6, 6.07) is 4.85. The average Bonchev–Trinajstić information content (AvgIpc) is 2.56. The van der Waals surface area contributed by atoms with E-state index in [0.717, 1.165) is 18.6 Å². The lowest BCUT2D eigenvalue weighted by molar-refractivity contribution is -0.137. The molecule has 0 saturated carbocycles. The zero-order valence-corrected chi connectivity index (χ0v) is 16.0. The molecule has 1 rings (SSSR count). The molecule has 0 unspecified atom stereocenters. The van der Waals surface area contributed by atoms with Gasteiger partial charge in [0.05, 0.1) is 17.3 Å². The third-order valence-electron chi connectivity index (χ3n) is 2.87. The van der Waals surface area contributed by atoms with Crippen molar-refractivity contribution < 1.29 is 19.1 Å². The zero-order valence-electron chi connectivity index (χ0n) is 14.4. The summed E-state index contributed by atoms with van der Waals surface area (Å²) in [5, 5.41) is 8.23. The highest BCUT2D eigenvalue weighted by molar-refractivity contribution is 7.80. The SMILES string of the molecule is CCCC(=O)Nc1ccc(Cl)c(NC(=S)NC(=O)/C=C/C(=O)OCC)c1. The van der Waals surface area contributed by atoms with Gasteiger partial charge in [0.25, 0.3) is 0 Å². The third-order valence-corrected chi connectivity index (χ3v) is 3.40. The Labute approximate surface area is 162 Å². The van der Waals surface area contributed by atoms with Crippen molar-refractivity contribution in [3.63, 3.8) is 0 Å². The van der Waals surface area contributed by atoms with Crippen molar-refractivity contribution in [3.05, 3.63) is 35.4 Å². The van der Waals surface area contributed by atoms with Crippen molar-refractivity contribution in [2.75, 3.05) is 17.2 Å². The van der Waals surface area contributed by atoms with Crippen LogP contribution in [0.25, 0.3) is 0 Å². The molecule has 140 valence electrons. The van der Waals surface area contributed by atoms with Crippen LogP contribution in [0.2, 0.25) is 5.02 Å². The highest BCUT2D eigenvalue weighted by atomic mass is 35.5. The van der Waals surface area contributed by atoms with Crippen molar-refractivity contribution in [1.82, 2.24) is 5.32 Å². The molecule has 0 heterocycles. The number of carbonyl (C=O) groups excluding carboxylic acids is 3. The molecule has 0 aliphatic heterocycles. The van der Waals surface area contributed by atoms with Gasteiger partial charge in [-0.2, -0.15) is 0 Å². The number of ether oxygens (including phenoxy) is 1. The van der Waals surface area contributed by atoms with Crippen LogP contribution in [0.15, 0.2) is 30.4 Å². The summed E-state index contributed by atoms with van der Waals surface area (Å²) in [6.07, 6.45) is 3.15. The fourth-order valence-corrected chi connectivity index (χ4v) is 2.17. The van der Waals surface area contributed by atoms with Gasteiger partial charge in [0.15, 0.2) is 5.11 Å². The van der Waals surface area contributed by atoms with Gasteiger partial charge in [-0.3, -0.25) is 14.9 Å². The summed E-state index contributed by atoms with van der Waals surface area (Å²) in [5.74, 6) is -1.33. The van der Waals surface area contributed by atoms with E-state index >= 15 is 0 Å². The molecular weight excluding hydrogens is 378 g/mol. The summed E-state index contributed by atoms with van der Waals surface area (Å²) in [6.45, 7) is 3.79. The first-order chi connectivity index (χ1) is 12.3. The van der Waals surface area contributed by atoms with Gasteiger partial charge < -0.3 is 15.4 Å². The fraction of sp³-hybridized carbons (Fsp3) is 0.294. The van der Waals surface area contributed by atoms with Crippen LogP contribution >= 0.6 is 23.8 Å². The second-order valence-corrected chi connectivity index (χ2v) is 5.84. The molecule has 0 radical (unpaired) electrons. The smallest absolute Gasteiger partial charge is 0.330 e. The number of nitrogens with one attached hydrogen (secondary N) is 3. The van der Waals surface area contributed by atoms with Crippen LogP contribution in [-0.4, -0.2) is 29.5 Å². The van der Waals surface area contributed by atoms with Crippen molar-refractivity contribution in [2.24, 2.45) is 0 Å². The number of thiocarbonyl (C=S) groups is 1. The molecule has 1 aromatic carbocycles. The van der Waals surface area contributed by atoms with Crippen LogP contribution < -0.4 is 16.0 Å². The molecule has 2 amide bonds. The van der Waals surface area contributed by atoms with E-state index in [0.29, 0.717) is 22.8 Å². The van der Waals surface area contributed by atoms with E-state index < -0.39 is 11.9 Å². The predicted molar refractivity (Wildman–Crippen MR) is 105 cm³/mol. The van der Waals surface area contributed by atoms with Crippen LogP contribution in [0, 0.1) is 0 Å². The molecule has 9 heteroatoms. The first-order valence-corrected chi connectivity index (χ1v) is 8.70. The van der Waals surface area contributed by atoms with Crippen molar-refractivity contribution in [1.29, 1.82) is 0 Å². The molecule has 0 aromatic heterocycles. The second kappa shape index (κ2) is 11.2. The van der Waals surface area contributed by atoms with Gasteiger partial charge in [0, 0.05) is 24.3 Å². The third kappa shape index (κ3) is 8.09. The van der Waals surface area contributed by atoms with E-state index in [9.17, 15) is 14.4 Å². The summed E-state index contributed by atoms with van der Waals surface area (Å²) < 4.78 is 4.66. The molecule has 3 N–H and O–H groups in total. The van der Waals surface area contributed by atoms with E-state index in [1.165, 1.54) is 0 Å². The number of esters is 1. The monoisotopic (exact) mass is 397 g/mol. The van der Waals surface area contributed by atoms with Gasteiger partial charge in [-0.25, -0.2) is 4.79 Å². The lowest BCUT2D eigenvalue weighted by atomic mass is 10.2. The van der Waals surface area contributed by atoms with Gasteiger partial charge in [0.2, 0.25) is 11.8 Å². The maximum Gasteiger partial charge on any atom is 0.330 e. The van der Waals surface area contributed by atoms with E-state index in [4.69, 9.17) is 23.8 Å². The minimum absolute atomic E-state index is 0.0116. The summed E-state index contributed by atoms with van der Waals surface area (Å²) >= 11 is 11.1. The number of hydrogen-bond donors (Lipinski definition) is 3. The average molecular weight is 398 g/mol. The molecule has 0 aliphatic rings. The fourth-order valence-electron chi connectivity index (χ4n) is 1.79. The minimum Gasteiger partial charge on any atom is -0.463 e. The molecule has 0 spiro atoms. The lowest BCUT2D eigenvalue weighted by Gasteiger charge is -2.12. The number of halogens is 1. The molecule has 7 nitrogen and oxygen atoms in total. The quantitative estimate of drug-likeness (QED) is 0.372. The Balaban J connectivity index is 2.66. The lowest BCUT2D eigenvalue weighted by Crippen LogP contribution is -2.33. The normalized spacial score (nSPS) is 10.3. The first kappa shape index (κ1) is 21.6.